The van der Waals surface area contributed by atoms with Gasteiger partial charge in [-0.2, -0.15) is 4.72 Å². The minimum Gasteiger partial charge on any atom is -0.369 e. The molecule has 5 rings (SSSR count). The number of sulfonamides is 1. The maximum Gasteiger partial charge on any atom is 0.244 e. The Labute approximate surface area is 176 Å². The molecule has 1 aromatic carbocycles. The highest BCUT2D eigenvalue weighted by Crippen LogP contribution is 2.62. The number of hydrogen-bond donors (Lipinski definition) is 2. The lowest BCUT2D eigenvalue weighted by Gasteiger charge is -2.59. The summed E-state index contributed by atoms with van der Waals surface area (Å²) in [4.78, 5) is 24.8. The van der Waals surface area contributed by atoms with Gasteiger partial charge < -0.3 is 5.73 Å². The van der Waals surface area contributed by atoms with Gasteiger partial charge in [-0.3, -0.25) is 9.59 Å². The van der Waals surface area contributed by atoms with Gasteiger partial charge in [0.1, 0.15) is 10.7 Å². The molecule has 0 radical (unpaired) electrons. The normalized spacial score (nSPS) is 32.9. The van der Waals surface area contributed by atoms with Crippen LogP contribution in [0, 0.1) is 34.9 Å². The van der Waals surface area contributed by atoms with E-state index < -0.39 is 31.7 Å². The van der Waals surface area contributed by atoms with Crippen molar-refractivity contribution >= 4 is 21.7 Å². The lowest BCUT2D eigenvalue weighted by molar-refractivity contribution is -0.152. The van der Waals surface area contributed by atoms with Crippen LogP contribution in [0.15, 0.2) is 29.2 Å². The lowest BCUT2D eigenvalue weighted by atomic mass is 9.45. The minimum atomic E-state index is -4.18. The van der Waals surface area contributed by atoms with Crippen molar-refractivity contribution < 1.29 is 22.4 Å². The number of hydrogen-bond acceptors (Lipinski definition) is 4. The van der Waals surface area contributed by atoms with Crippen LogP contribution in [0.25, 0.3) is 0 Å². The van der Waals surface area contributed by atoms with Crippen molar-refractivity contribution in [3.63, 3.8) is 0 Å². The maximum atomic E-state index is 14.0. The molecule has 4 saturated carbocycles. The molecule has 1 amide bonds. The molecule has 0 aromatic heterocycles. The van der Waals surface area contributed by atoms with Crippen LogP contribution in [0.3, 0.4) is 0 Å². The molecule has 3 N–H and O–H groups in total. The molecule has 0 saturated heterocycles. The number of carbonyl (C=O) groups excluding carboxylic acids is 2. The highest BCUT2D eigenvalue weighted by atomic mass is 32.2. The van der Waals surface area contributed by atoms with Crippen molar-refractivity contribution in [3.8, 4) is 0 Å². The molecule has 0 aliphatic heterocycles. The van der Waals surface area contributed by atoms with Crippen LogP contribution in [0.4, 0.5) is 4.39 Å². The predicted octanol–water partition coefficient (Wildman–Crippen LogP) is 2.77. The van der Waals surface area contributed by atoms with E-state index in [9.17, 15) is 22.4 Å². The van der Waals surface area contributed by atoms with Crippen molar-refractivity contribution in [2.24, 2.45) is 34.8 Å². The number of ketones is 1. The third-order valence-electron chi connectivity index (χ3n) is 7.63. The number of amides is 1. The zero-order chi connectivity index (χ0) is 21.9. The molecule has 2 atom stereocenters. The van der Waals surface area contributed by atoms with Crippen LogP contribution < -0.4 is 10.5 Å². The molecule has 8 heteroatoms. The van der Waals surface area contributed by atoms with Gasteiger partial charge in [-0.05, 0) is 81.8 Å². The number of nitrogens with two attached hydrogens (primary N) is 1. The molecule has 30 heavy (non-hydrogen) atoms. The van der Waals surface area contributed by atoms with Gasteiger partial charge in [-0.15, -0.1) is 0 Å². The fraction of sp³-hybridized carbons (Fsp3) is 0.636. The Kier molecular flexibility index (Phi) is 5.09. The Morgan fingerprint density at radius 2 is 1.77 bits per heavy atom. The van der Waals surface area contributed by atoms with Crippen molar-refractivity contribution in [2.45, 2.75) is 62.8 Å². The number of benzene rings is 1. The zero-order valence-corrected chi connectivity index (χ0v) is 18.2. The van der Waals surface area contributed by atoms with E-state index in [4.69, 9.17) is 5.73 Å². The Balaban J connectivity index is 1.49. The lowest BCUT2D eigenvalue weighted by Crippen LogP contribution is -2.57. The second kappa shape index (κ2) is 7.12. The van der Waals surface area contributed by atoms with Crippen LogP contribution in [-0.2, 0) is 19.6 Å². The van der Waals surface area contributed by atoms with E-state index in [1.165, 1.54) is 32.0 Å². The van der Waals surface area contributed by atoms with Gasteiger partial charge in [-0.25, -0.2) is 12.8 Å². The highest BCUT2D eigenvalue weighted by Gasteiger charge is 2.58. The van der Waals surface area contributed by atoms with Crippen LogP contribution in [0.2, 0.25) is 0 Å². The van der Waals surface area contributed by atoms with Crippen LogP contribution in [0.5, 0.6) is 0 Å². The van der Waals surface area contributed by atoms with Gasteiger partial charge in [0.15, 0.2) is 5.78 Å². The number of halogens is 1. The van der Waals surface area contributed by atoms with E-state index in [0.29, 0.717) is 5.92 Å². The standard InChI is InChI=1S/C22H29FN2O4S/c1-21(2,25-30(28,29)18-6-4-3-5-17(18)23)19(26)9-16-14-7-13-8-15(16)12-22(10-13,11-14)20(24)27/h3-6,13-16,25H,7-12H2,1-2H3,(H2,24,27). The first-order valence-corrected chi connectivity index (χ1v) is 12.0. The van der Waals surface area contributed by atoms with E-state index >= 15 is 0 Å². The predicted molar refractivity (Wildman–Crippen MR) is 109 cm³/mol. The van der Waals surface area contributed by atoms with Gasteiger partial charge in [0.05, 0.1) is 5.54 Å². The number of primary amides is 1. The van der Waals surface area contributed by atoms with Crippen LogP contribution in [0.1, 0.15) is 52.4 Å². The fourth-order valence-corrected chi connectivity index (χ4v) is 7.82. The zero-order valence-electron chi connectivity index (χ0n) is 17.4. The number of carbonyl (C=O) groups is 2. The summed E-state index contributed by atoms with van der Waals surface area (Å²) in [5, 5.41) is 0. The molecule has 2 unspecified atom stereocenters. The summed E-state index contributed by atoms with van der Waals surface area (Å²) in [7, 11) is -4.18. The Bertz CT molecular complexity index is 975. The average Bonchev–Trinajstić information content (AvgIpc) is 2.63. The fourth-order valence-electron chi connectivity index (χ4n) is 6.34. The van der Waals surface area contributed by atoms with Gasteiger partial charge in [0.2, 0.25) is 15.9 Å². The molecule has 0 spiro atoms. The summed E-state index contributed by atoms with van der Waals surface area (Å²) in [6.45, 7) is 3.05. The second-order valence-corrected chi connectivity index (χ2v) is 11.7. The molecule has 4 aliphatic carbocycles. The third kappa shape index (κ3) is 3.58. The Hall–Kier alpha value is -1.80. The third-order valence-corrected chi connectivity index (χ3v) is 9.31. The first-order valence-electron chi connectivity index (χ1n) is 10.6. The molecular formula is C22H29FN2O4S. The Morgan fingerprint density at radius 3 is 2.33 bits per heavy atom. The van der Waals surface area contributed by atoms with E-state index in [1.807, 2.05) is 0 Å². The van der Waals surface area contributed by atoms with Crippen molar-refractivity contribution in [1.82, 2.24) is 4.72 Å². The topological polar surface area (TPSA) is 106 Å². The quantitative estimate of drug-likeness (QED) is 0.685. The summed E-state index contributed by atoms with van der Waals surface area (Å²) in [5.74, 6) is -0.116. The average molecular weight is 437 g/mol. The molecule has 164 valence electrons. The van der Waals surface area contributed by atoms with E-state index in [1.54, 1.807) is 0 Å². The van der Waals surface area contributed by atoms with Crippen molar-refractivity contribution in [2.75, 3.05) is 0 Å². The molecular weight excluding hydrogens is 407 g/mol. The monoisotopic (exact) mass is 436 g/mol. The Morgan fingerprint density at radius 1 is 1.17 bits per heavy atom. The molecule has 1 aromatic rings. The van der Waals surface area contributed by atoms with E-state index in [2.05, 4.69) is 4.72 Å². The van der Waals surface area contributed by atoms with E-state index in [-0.39, 0.29) is 35.9 Å². The first kappa shape index (κ1) is 21.4. The van der Waals surface area contributed by atoms with Crippen molar-refractivity contribution in [3.05, 3.63) is 30.1 Å². The second-order valence-electron chi connectivity index (χ2n) is 10.1. The van der Waals surface area contributed by atoms with Crippen LogP contribution >= 0.6 is 0 Å². The number of nitrogens with one attached hydrogen (secondary N) is 1. The molecule has 4 fully saturated rings. The minimum absolute atomic E-state index is 0.138. The molecule has 6 nitrogen and oxygen atoms in total. The highest BCUT2D eigenvalue weighted by molar-refractivity contribution is 7.89. The summed E-state index contributed by atoms with van der Waals surface area (Å²) >= 11 is 0. The smallest absolute Gasteiger partial charge is 0.244 e. The SMILES string of the molecule is CC(C)(NS(=O)(=O)c1ccccc1F)C(=O)CC1C2CC3CC1CC(C(N)=O)(C3)C2. The van der Waals surface area contributed by atoms with Gasteiger partial charge in [0, 0.05) is 11.8 Å². The molecule has 4 bridgehead atoms. The summed E-state index contributed by atoms with van der Waals surface area (Å²) in [6, 6.07) is 5.11. The maximum absolute atomic E-state index is 14.0. The summed E-state index contributed by atoms with van der Waals surface area (Å²) in [6.07, 6.45) is 4.59. The van der Waals surface area contributed by atoms with Gasteiger partial charge in [-0.1, -0.05) is 12.1 Å². The summed E-state index contributed by atoms with van der Waals surface area (Å²) in [5.41, 5.74) is 3.95. The molecule has 0 heterocycles. The number of Topliss-reactive ketones (excluding diaryl/α,β-unsaturated/α-hetero) is 1. The summed E-state index contributed by atoms with van der Waals surface area (Å²) < 4.78 is 41.7. The molecule has 4 aliphatic rings. The largest absolute Gasteiger partial charge is 0.369 e. The van der Waals surface area contributed by atoms with Crippen LogP contribution in [-0.4, -0.2) is 25.6 Å². The first-order chi connectivity index (χ1) is 13.9. The van der Waals surface area contributed by atoms with Gasteiger partial charge in [0.25, 0.3) is 0 Å². The van der Waals surface area contributed by atoms with E-state index in [0.717, 1.165) is 38.2 Å². The van der Waals surface area contributed by atoms with Crippen molar-refractivity contribution in [1.29, 1.82) is 0 Å². The number of rotatable bonds is 7. The van der Waals surface area contributed by atoms with Gasteiger partial charge >= 0.3 is 0 Å².